The number of hydrogen-bond acceptors (Lipinski definition) is 5. The number of rotatable bonds is 7. The van der Waals surface area contributed by atoms with Crippen molar-refractivity contribution in [3.8, 4) is 0 Å². The third-order valence-corrected chi connectivity index (χ3v) is 6.75. The summed E-state index contributed by atoms with van der Waals surface area (Å²) in [6.45, 7) is 2.49. The summed E-state index contributed by atoms with van der Waals surface area (Å²) in [5.41, 5.74) is 1.17. The number of carbonyl (C=O) groups is 2. The molecule has 7 heteroatoms. The van der Waals surface area contributed by atoms with Crippen LogP contribution in [-0.2, 0) is 11.2 Å². The van der Waals surface area contributed by atoms with E-state index in [0.717, 1.165) is 30.7 Å². The highest BCUT2D eigenvalue weighted by atomic mass is 32.1. The van der Waals surface area contributed by atoms with Crippen molar-refractivity contribution >= 4 is 28.3 Å². The van der Waals surface area contributed by atoms with Crippen molar-refractivity contribution in [3.05, 3.63) is 34.7 Å². The van der Waals surface area contributed by atoms with Crippen LogP contribution in [0.25, 0.3) is 0 Å². The minimum atomic E-state index is -0.252. The zero-order valence-electron chi connectivity index (χ0n) is 15.5. The summed E-state index contributed by atoms with van der Waals surface area (Å²) in [7, 11) is 0. The highest BCUT2D eigenvalue weighted by Gasteiger charge is 2.38. The first-order valence-corrected chi connectivity index (χ1v) is 10.5. The van der Waals surface area contributed by atoms with Crippen molar-refractivity contribution < 1.29 is 14.0 Å². The summed E-state index contributed by atoms with van der Waals surface area (Å²) in [6.07, 6.45) is 8.38. The number of aromatic nitrogens is 1. The predicted molar refractivity (Wildman–Crippen MR) is 104 cm³/mol. The molecule has 2 fully saturated rings. The fourth-order valence-corrected chi connectivity index (χ4v) is 5.29. The number of aryl methyl sites for hydroxylation is 1. The number of amides is 2. The normalized spacial score (nSPS) is 23.5. The molecule has 2 amide bonds. The second-order valence-electron chi connectivity index (χ2n) is 7.74. The van der Waals surface area contributed by atoms with Gasteiger partial charge in [-0.05, 0) is 56.4 Å². The lowest BCUT2D eigenvalue weighted by Crippen LogP contribution is -2.28. The molecular weight excluding hydrogens is 362 g/mol. The third kappa shape index (κ3) is 4.24. The lowest BCUT2D eigenvalue weighted by Gasteiger charge is -2.21. The van der Waals surface area contributed by atoms with E-state index in [9.17, 15) is 9.59 Å². The third-order valence-electron chi connectivity index (χ3n) is 5.94. The SMILES string of the molecule is Cc1occc1C(=O)Nc1nc(CC(=O)NCCC2CC3CCC2C3)cs1. The lowest BCUT2D eigenvalue weighted by atomic mass is 9.86. The molecule has 2 aliphatic rings. The first-order chi connectivity index (χ1) is 13.1. The number of thiazole rings is 1. The minimum absolute atomic E-state index is 0.00740. The van der Waals surface area contributed by atoms with Gasteiger partial charge in [0.05, 0.1) is 23.9 Å². The molecule has 2 aliphatic carbocycles. The second kappa shape index (κ2) is 7.84. The van der Waals surface area contributed by atoms with Crippen LogP contribution >= 0.6 is 11.3 Å². The van der Waals surface area contributed by atoms with E-state index in [-0.39, 0.29) is 18.2 Å². The Morgan fingerprint density at radius 2 is 2.22 bits per heavy atom. The van der Waals surface area contributed by atoms with E-state index in [0.29, 0.717) is 22.1 Å². The van der Waals surface area contributed by atoms with Gasteiger partial charge in [0, 0.05) is 11.9 Å². The fourth-order valence-electron chi connectivity index (χ4n) is 4.58. The van der Waals surface area contributed by atoms with Crippen molar-refractivity contribution in [2.45, 2.75) is 45.4 Å². The number of nitrogens with zero attached hydrogens (tertiary/aromatic N) is 1. The Morgan fingerprint density at radius 1 is 1.33 bits per heavy atom. The van der Waals surface area contributed by atoms with Gasteiger partial charge in [-0.25, -0.2) is 4.98 Å². The number of fused-ring (bicyclic) bond motifs is 2. The van der Waals surface area contributed by atoms with Crippen LogP contribution in [0, 0.1) is 24.7 Å². The number of carbonyl (C=O) groups excluding carboxylic acids is 2. The molecule has 2 heterocycles. The van der Waals surface area contributed by atoms with Crippen molar-refractivity contribution in [1.82, 2.24) is 10.3 Å². The molecule has 144 valence electrons. The molecule has 0 spiro atoms. The Kier molecular flexibility index (Phi) is 5.29. The summed E-state index contributed by atoms with van der Waals surface area (Å²) in [6, 6.07) is 1.63. The number of anilines is 1. The van der Waals surface area contributed by atoms with Gasteiger partial charge in [0.15, 0.2) is 5.13 Å². The fraction of sp³-hybridized carbons (Fsp3) is 0.550. The molecule has 2 bridgehead atoms. The molecule has 6 nitrogen and oxygen atoms in total. The maximum absolute atomic E-state index is 12.2. The van der Waals surface area contributed by atoms with Crippen molar-refractivity contribution in [2.75, 3.05) is 11.9 Å². The van der Waals surface area contributed by atoms with Crippen LogP contribution in [0.15, 0.2) is 22.1 Å². The average molecular weight is 388 g/mol. The van der Waals surface area contributed by atoms with Crippen molar-refractivity contribution in [3.63, 3.8) is 0 Å². The Hall–Kier alpha value is -2.15. The van der Waals surface area contributed by atoms with Crippen LogP contribution in [0.2, 0.25) is 0 Å². The van der Waals surface area contributed by atoms with Gasteiger partial charge in [-0.1, -0.05) is 6.42 Å². The van der Waals surface area contributed by atoms with Gasteiger partial charge in [-0.2, -0.15) is 0 Å². The summed E-state index contributed by atoms with van der Waals surface area (Å²) in [5, 5.41) is 8.08. The average Bonchev–Trinajstić information content (AvgIpc) is 3.40. The smallest absolute Gasteiger partial charge is 0.260 e. The zero-order chi connectivity index (χ0) is 18.8. The molecule has 0 aliphatic heterocycles. The summed E-state index contributed by atoms with van der Waals surface area (Å²) >= 11 is 1.32. The molecule has 4 rings (SSSR count). The highest BCUT2D eigenvalue weighted by molar-refractivity contribution is 7.14. The molecule has 3 unspecified atom stereocenters. The van der Waals surface area contributed by atoms with E-state index >= 15 is 0 Å². The van der Waals surface area contributed by atoms with Gasteiger partial charge in [-0.3, -0.25) is 14.9 Å². The van der Waals surface area contributed by atoms with E-state index in [1.54, 1.807) is 13.0 Å². The van der Waals surface area contributed by atoms with Crippen LogP contribution in [0.5, 0.6) is 0 Å². The molecule has 0 saturated heterocycles. The summed E-state index contributed by atoms with van der Waals surface area (Å²) in [4.78, 5) is 28.7. The van der Waals surface area contributed by atoms with E-state index < -0.39 is 0 Å². The van der Waals surface area contributed by atoms with Gasteiger partial charge in [-0.15, -0.1) is 11.3 Å². The molecule has 2 N–H and O–H groups in total. The van der Waals surface area contributed by atoms with Gasteiger partial charge in [0.2, 0.25) is 5.91 Å². The first kappa shape index (κ1) is 18.2. The number of hydrogen-bond donors (Lipinski definition) is 2. The molecular formula is C20H25N3O3S. The Labute approximate surface area is 162 Å². The summed E-state index contributed by atoms with van der Waals surface area (Å²) in [5.74, 6) is 2.96. The van der Waals surface area contributed by atoms with E-state index in [1.165, 1.54) is 43.3 Å². The molecule has 3 atom stereocenters. The van der Waals surface area contributed by atoms with E-state index in [4.69, 9.17) is 4.42 Å². The number of nitrogens with one attached hydrogen (secondary N) is 2. The van der Waals surface area contributed by atoms with E-state index in [2.05, 4.69) is 15.6 Å². The summed E-state index contributed by atoms with van der Waals surface area (Å²) < 4.78 is 5.14. The molecule has 0 radical (unpaired) electrons. The highest BCUT2D eigenvalue weighted by Crippen LogP contribution is 2.49. The van der Waals surface area contributed by atoms with E-state index in [1.807, 2.05) is 5.38 Å². The molecule has 27 heavy (non-hydrogen) atoms. The topological polar surface area (TPSA) is 84.2 Å². The van der Waals surface area contributed by atoms with Crippen molar-refractivity contribution in [2.24, 2.45) is 17.8 Å². The quantitative estimate of drug-likeness (QED) is 0.757. The standard InChI is InChI=1S/C20H25N3O3S/c1-12-17(5-7-26-12)19(25)23-20-22-16(11-27-20)10-18(24)21-6-4-15-9-13-2-3-14(15)8-13/h5,7,11,13-15H,2-4,6,8-10H2,1H3,(H,21,24)(H,22,23,25). The second-order valence-corrected chi connectivity index (χ2v) is 8.60. The Morgan fingerprint density at radius 3 is 2.93 bits per heavy atom. The molecule has 2 saturated carbocycles. The van der Waals surface area contributed by atoms with Crippen LogP contribution in [-0.4, -0.2) is 23.3 Å². The molecule has 2 aromatic heterocycles. The van der Waals surface area contributed by atoms with Crippen LogP contribution in [0.3, 0.4) is 0 Å². The Balaban J connectivity index is 1.21. The maximum atomic E-state index is 12.2. The largest absolute Gasteiger partial charge is 0.469 e. The van der Waals surface area contributed by atoms with Gasteiger partial charge in [0.25, 0.3) is 5.91 Å². The van der Waals surface area contributed by atoms with Crippen LogP contribution in [0.1, 0.15) is 53.9 Å². The maximum Gasteiger partial charge on any atom is 0.260 e. The zero-order valence-corrected chi connectivity index (χ0v) is 16.3. The van der Waals surface area contributed by atoms with Gasteiger partial charge >= 0.3 is 0 Å². The van der Waals surface area contributed by atoms with Gasteiger partial charge < -0.3 is 9.73 Å². The van der Waals surface area contributed by atoms with Crippen LogP contribution < -0.4 is 10.6 Å². The number of furan rings is 1. The van der Waals surface area contributed by atoms with Gasteiger partial charge in [0.1, 0.15) is 5.76 Å². The van der Waals surface area contributed by atoms with Crippen LogP contribution in [0.4, 0.5) is 5.13 Å². The Bertz CT molecular complexity index is 828. The monoisotopic (exact) mass is 387 g/mol. The molecule has 0 aromatic carbocycles. The van der Waals surface area contributed by atoms with Crippen molar-refractivity contribution in [1.29, 1.82) is 0 Å². The first-order valence-electron chi connectivity index (χ1n) is 9.65. The minimum Gasteiger partial charge on any atom is -0.469 e. The predicted octanol–water partition coefficient (Wildman–Crippen LogP) is 3.78. The molecule has 2 aromatic rings. The lowest BCUT2D eigenvalue weighted by molar-refractivity contribution is -0.120.